The van der Waals surface area contributed by atoms with Crippen molar-refractivity contribution in [3.63, 3.8) is 0 Å². The second kappa shape index (κ2) is 5.51. The number of nitrogens with zero attached hydrogens (tertiary/aromatic N) is 2. The number of hydrogen-bond acceptors (Lipinski definition) is 6. The van der Waals surface area contributed by atoms with Gasteiger partial charge in [-0.2, -0.15) is 4.31 Å². The van der Waals surface area contributed by atoms with Crippen molar-refractivity contribution in [2.75, 3.05) is 19.8 Å². The van der Waals surface area contributed by atoms with Crippen LogP contribution >= 0.6 is 0 Å². The van der Waals surface area contributed by atoms with E-state index in [0.717, 1.165) is 4.31 Å². The molecule has 1 aromatic rings. The second-order valence-electron chi connectivity index (χ2n) is 4.60. The summed E-state index contributed by atoms with van der Waals surface area (Å²) in [5.41, 5.74) is 0.267. The van der Waals surface area contributed by atoms with Crippen molar-refractivity contribution in [3.8, 4) is 0 Å². The predicted octanol–water partition coefficient (Wildman–Crippen LogP) is 0.156. The van der Waals surface area contributed by atoms with E-state index in [9.17, 15) is 13.2 Å². The topological polar surface area (TPSA) is 110 Å². The van der Waals surface area contributed by atoms with E-state index in [4.69, 9.17) is 14.4 Å². The van der Waals surface area contributed by atoms with Crippen LogP contribution in [0.4, 0.5) is 0 Å². The highest BCUT2D eigenvalue weighted by atomic mass is 32.2. The van der Waals surface area contributed by atoms with Crippen LogP contribution in [-0.4, -0.2) is 54.8 Å². The summed E-state index contributed by atoms with van der Waals surface area (Å²) in [5.74, 6) is -0.873. The fraction of sp³-hybridized carbons (Fsp3) is 0.636. The quantitative estimate of drug-likeness (QED) is 0.843. The van der Waals surface area contributed by atoms with Crippen LogP contribution in [0.15, 0.2) is 9.42 Å². The predicted molar refractivity (Wildman–Crippen MR) is 66.7 cm³/mol. The number of sulfonamides is 1. The molecule has 112 valence electrons. The van der Waals surface area contributed by atoms with Crippen LogP contribution in [0.25, 0.3) is 0 Å². The maximum Gasteiger partial charge on any atom is 0.305 e. The van der Waals surface area contributed by atoms with Gasteiger partial charge in [0.1, 0.15) is 10.6 Å². The molecule has 1 atom stereocenters. The first-order chi connectivity index (χ1) is 9.34. The van der Waals surface area contributed by atoms with Crippen LogP contribution in [0.5, 0.6) is 0 Å². The Balaban J connectivity index is 2.38. The molecule has 0 radical (unpaired) electrons. The van der Waals surface area contributed by atoms with Gasteiger partial charge in [0.2, 0.25) is 10.0 Å². The van der Waals surface area contributed by atoms with Crippen LogP contribution in [-0.2, 0) is 19.6 Å². The van der Waals surface area contributed by atoms with E-state index in [1.165, 1.54) is 13.8 Å². The van der Waals surface area contributed by atoms with Gasteiger partial charge in [-0.05, 0) is 13.8 Å². The van der Waals surface area contributed by atoms with Gasteiger partial charge < -0.3 is 14.4 Å². The highest BCUT2D eigenvalue weighted by Gasteiger charge is 2.38. The van der Waals surface area contributed by atoms with E-state index < -0.39 is 22.0 Å². The zero-order chi connectivity index (χ0) is 14.9. The molecule has 1 aromatic heterocycles. The maximum atomic E-state index is 12.7. The minimum Gasteiger partial charge on any atom is -0.481 e. The molecule has 0 aromatic carbocycles. The smallest absolute Gasteiger partial charge is 0.305 e. The van der Waals surface area contributed by atoms with E-state index >= 15 is 0 Å². The summed E-state index contributed by atoms with van der Waals surface area (Å²) in [5, 5.41) is 12.5. The third-order valence-electron chi connectivity index (χ3n) is 3.12. The highest BCUT2D eigenvalue weighted by Crippen LogP contribution is 2.26. The Bertz CT molecular complexity index is 589. The van der Waals surface area contributed by atoms with E-state index in [1.807, 2.05) is 0 Å². The number of morpholine rings is 1. The van der Waals surface area contributed by atoms with Crippen molar-refractivity contribution in [3.05, 3.63) is 11.5 Å². The van der Waals surface area contributed by atoms with Crippen molar-refractivity contribution < 1.29 is 27.6 Å². The molecule has 1 aliphatic rings. The average Bonchev–Trinajstić information content (AvgIpc) is 2.69. The van der Waals surface area contributed by atoms with Crippen LogP contribution in [0.3, 0.4) is 0 Å². The Morgan fingerprint density at radius 2 is 2.20 bits per heavy atom. The lowest BCUT2D eigenvalue weighted by Crippen LogP contribution is -2.49. The number of aryl methyl sites for hydroxylation is 2. The molecule has 0 spiro atoms. The summed E-state index contributed by atoms with van der Waals surface area (Å²) < 4.78 is 36.5. The summed E-state index contributed by atoms with van der Waals surface area (Å²) in [7, 11) is -3.84. The number of rotatable bonds is 4. The first-order valence-electron chi connectivity index (χ1n) is 6.08. The fourth-order valence-corrected chi connectivity index (χ4v) is 4.17. The highest BCUT2D eigenvalue weighted by molar-refractivity contribution is 7.89. The number of aromatic nitrogens is 1. The van der Waals surface area contributed by atoms with E-state index in [0.29, 0.717) is 0 Å². The summed E-state index contributed by atoms with van der Waals surface area (Å²) >= 11 is 0. The third-order valence-corrected chi connectivity index (χ3v) is 5.32. The first-order valence-corrected chi connectivity index (χ1v) is 7.52. The van der Waals surface area contributed by atoms with Crippen molar-refractivity contribution >= 4 is 16.0 Å². The van der Waals surface area contributed by atoms with Gasteiger partial charge in [-0.25, -0.2) is 8.42 Å². The van der Waals surface area contributed by atoms with Crippen molar-refractivity contribution in [1.82, 2.24) is 9.46 Å². The molecule has 0 bridgehead atoms. The van der Waals surface area contributed by atoms with Gasteiger partial charge in [0.05, 0.1) is 25.7 Å². The van der Waals surface area contributed by atoms with Gasteiger partial charge in [0.25, 0.3) is 0 Å². The molecule has 0 saturated carbocycles. The van der Waals surface area contributed by atoms with Gasteiger partial charge in [-0.15, -0.1) is 0 Å². The van der Waals surface area contributed by atoms with Gasteiger partial charge in [0.15, 0.2) is 5.76 Å². The molecule has 1 aliphatic heterocycles. The minimum absolute atomic E-state index is 0.00906. The first kappa shape index (κ1) is 14.9. The summed E-state index contributed by atoms with van der Waals surface area (Å²) in [6, 6.07) is -0.722. The van der Waals surface area contributed by atoms with Gasteiger partial charge in [-0.1, -0.05) is 5.16 Å². The van der Waals surface area contributed by atoms with E-state index in [1.54, 1.807) is 0 Å². The molecule has 9 heteroatoms. The molecule has 1 N–H and O–H groups in total. The molecule has 20 heavy (non-hydrogen) atoms. The van der Waals surface area contributed by atoms with E-state index in [2.05, 4.69) is 5.16 Å². The molecular weight excluding hydrogens is 288 g/mol. The Kier molecular flexibility index (Phi) is 4.11. The molecule has 1 saturated heterocycles. The average molecular weight is 304 g/mol. The number of aliphatic carboxylic acids is 1. The monoisotopic (exact) mass is 304 g/mol. The molecule has 0 amide bonds. The van der Waals surface area contributed by atoms with Gasteiger partial charge in [0, 0.05) is 6.54 Å². The number of carboxylic acid groups (broad SMARTS) is 1. The Labute approximate surface area is 116 Å². The summed E-state index contributed by atoms with van der Waals surface area (Å²) in [6.07, 6.45) is -0.303. The number of carboxylic acids is 1. The largest absolute Gasteiger partial charge is 0.481 e. The molecule has 0 aliphatic carbocycles. The Morgan fingerprint density at radius 3 is 2.75 bits per heavy atom. The van der Waals surface area contributed by atoms with Gasteiger partial charge >= 0.3 is 5.97 Å². The minimum atomic E-state index is -3.84. The van der Waals surface area contributed by atoms with Crippen molar-refractivity contribution in [2.24, 2.45) is 0 Å². The molecule has 1 unspecified atom stereocenters. The van der Waals surface area contributed by atoms with Crippen LogP contribution < -0.4 is 0 Å². The summed E-state index contributed by atoms with van der Waals surface area (Å²) in [6.45, 7) is 3.47. The fourth-order valence-electron chi connectivity index (χ4n) is 2.28. The lowest BCUT2D eigenvalue weighted by molar-refractivity contribution is -0.139. The normalized spacial score (nSPS) is 21.0. The summed E-state index contributed by atoms with van der Waals surface area (Å²) in [4.78, 5) is 10.9. The van der Waals surface area contributed by atoms with E-state index in [-0.39, 0.29) is 42.5 Å². The Morgan fingerprint density at radius 1 is 1.50 bits per heavy atom. The Hall–Kier alpha value is -1.45. The molecule has 2 heterocycles. The molecule has 8 nitrogen and oxygen atoms in total. The number of carbonyl (C=O) groups is 1. The second-order valence-corrected chi connectivity index (χ2v) is 6.42. The lowest BCUT2D eigenvalue weighted by Gasteiger charge is -2.33. The number of ether oxygens (including phenoxy) is 1. The van der Waals surface area contributed by atoms with Crippen LogP contribution in [0.1, 0.15) is 17.9 Å². The standard InChI is InChI=1S/C11H16N2O6S/c1-7-11(8(2)19-12-7)20(16,17)13-3-4-18-6-9(13)5-10(14)15/h9H,3-6H2,1-2H3,(H,14,15). The van der Waals surface area contributed by atoms with Crippen molar-refractivity contribution in [2.45, 2.75) is 31.2 Å². The van der Waals surface area contributed by atoms with Crippen LogP contribution in [0, 0.1) is 13.8 Å². The maximum absolute atomic E-state index is 12.7. The van der Waals surface area contributed by atoms with Gasteiger partial charge in [-0.3, -0.25) is 4.79 Å². The zero-order valence-corrected chi connectivity index (χ0v) is 12.0. The number of hydrogen-bond donors (Lipinski definition) is 1. The molecule has 1 fully saturated rings. The third kappa shape index (κ3) is 2.69. The molecule has 2 rings (SSSR count). The van der Waals surface area contributed by atoms with Crippen LogP contribution in [0.2, 0.25) is 0 Å². The SMILES string of the molecule is Cc1noc(C)c1S(=O)(=O)N1CCOCC1CC(=O)O. The molecular formula is C11H16N2O6S. The zero-order valence-electron chi connectivity index (χ0n) is 11.2. The lowest BCUT2D eigenvalue weighted by atomic mass is 10.2. The van der Waals surface area contributed by atoms with Crippen molar-refractivity contribution in [1.29, 1.82) is 0 Å².